The average molecular weight is 224 g/mol. The fourth-order valence-electron chi connectivity index (χ4n) is 0.924. The van der Waals surface area contributed by atoms with Gasteiger partial charge in [0, 0.05) is 17.7 Å². The molecule has 1 rings (SSSR count). The number of hydrogen-bond acceptors (Lipinski definition) is 5. The standard InChI is InChI=1S/C8H8N4O4/c9-8(14)11-10-4-5-3-6(12(15)16)1-2-7(5)13/h1-4,13H,(H3,9,11,14)/b10-4+. The number of nitro groups is 1. The maximum absolute atomic E-state index is 10.4. The molecule has 84 valence electrons. The van der Waals surface area contributed by atoms with Crippen LogP contribution >= 0.6 is 0 Å². The van der Waals surface area contributed by atoms with E-state index in [1.807, 2.05) is 5.43 Å². The Bertz CT molecular complexity index is 457. The van der Waals surface area contributed by atoms with Crippen molar-refractivity contribution in [1.29, 1.82) is 0 Å². The van der Waals surface area contributed by atoms with E-state index < -0.39 is 11.0 Å². The first-order chi connectivity index (χ1) is 7.50. The number of phenols is 1. The minimum atomic E-state index is -0.874. The molecule has 0 aromatic heterocycles. The van der Waals surface area contributed by atoms with Crippen molar-refractivity contribution in [1.82, 2.24) is 5.43 Å². The van der Waals surface area contributed by atoms with Gasteiger partial charge in [-0.15, -0.1) is 0 Å². The molecule has 4 N–H and O–H groups in total. The van der Waals surface area contributed by atoms with Gasteiger partial charge in [-0.2, -0.15) is 5.10 Å². The summed E-state index contributed by atoms with van der Waals surface area (Å²) in [7, 11) is 0. The zero-order valence-corrected chi connectivity index (χ0v) is 7.95. The lowest BCUT2D eigenvalue weighted by Gasteiger charge is -1.98. The number of carbonyl (C=O) groups is 1. The number of benzene rings is 1. The number of nitro benzene ring substituents is 1. The number of non-ortho nitro benzene ring substituents is 1. The predicted molar refractivity (Wildman–Crippen MR) is 55.1 cm³/mol. The highest BCUT2D eigenvalue weighted by Gasteiger charge is 2.08. The SMILES string of the molecule is NC(=O)N/N=C/c1cc([N+](=O)[O-])ccc1O. The summed E-state index contributed by atoms with van der Waals surface area (Å²) in [6.45, 7) is 0. The van der Waals surface area contributed by atoms with Crippen LogP contribution in [0.2, 0.25) is 0 Å². The van der Waals surface area contributed by atoms with Crippen LogP contribution in [0, 0.1) is 10.1 Å². The Kier molecular flexibility index (Phi) is 3.38. The van der Waals surface area contributed by atoms with E-state index in [-0.39, 0.29) is 17.0 Å². The van der Waals surface area contributed by atoms with Gasteiger partial charge in [0.15, 0.2) is 0 Å². The van der Waals surface area contributed by atoms with Crippen molar-refractivity contribution >= 4 is 17.9 Å². The van der Waals surface area contributed by atoms with Gasteiger partial charge in [-0.1, -0.05) is 0 Å². The normalized spacial score (nSPS) is 10.2. The van der Waals surface area contributed by atoms with Gasteiger partial charge < -0.3 is 10.8 Å². The number of nitrogens with one attached hydrogen (secondary N) is 1. The van der Waals surface area contributed by atoms with Gasteiger partial charge in [0.1, 0.15) is 5.75 Å². The maximum Gasteiger partial charge on any atom is 0.332 e. The summed E-state index contributed by atoms with van der Waals surface area (Å²) in [5, 5.41) is 23.1. The Labute approximate surface area is 89.5 Å². The first-order valence-electron chi connectivity index (χ1n) is 4.06. The quantitative estimate of drug-likeness (QED) is 0.387. The number of hydrazone groups is 1. The summed E-state index contributed by atoms with van der Waals surface area (Å²) in [5.41, 5.74) is 6.54. The highest BCUT2D eigenvalue weighted by molar-refractivity contribution is 5.85. The molecule has 0 aliphatic carbocycles. The molecule has 0 unspecified atom stereocenters. The molecule has 0 heterocycles. The van der Waals surface area contributed by atoms with E-state index in [0.717, 1.165) is 24.4 Å². The van der Waals surface area contributed by atoms with Gasteiger partial charge in [-0.25, -0.2) is 10.2 Å². The van der Waals surface area contributed by atoms with Gasteiger partial charge in [0.05, 0.1) is 11.1 Å². The third-order valence-corrected chi connectivity index (χ3v) is 1.60. The zero-order valence-electron chi connectivity index (χ0n) is 7.95. The second-order valence-electron chi connectivity index (χ2n) is 2.73. The van der Waals surface area contributed by atoms with Gasteiger partial charge in [0.2, 0.25) is 0 Å². The number of phenolic OH excluding ortho intramolecular Hbond substituents is 1. The summed E-state index contributed by atoms with van der Waals surface area (Å²) in [4.78, 5) is 20.1. The topological polar surface area (TPSA) is 131 Å². The lowest BCUT2D eigenvalue weighted by atomic mass is 10.2. The lowest BCUT2D eigenvalue weighted by Crippen LogP contribution is -2.24. The van der Waals surface area contributed by atoms with Crippen LogP contribution in [0.4, 0.5) is 10.5 Å². The second kappa shape index (κ2) is 4.73. The van der Waals surface area contributed by atoms with Crippen LogP contribution in [0.1, 0.15) is 5.56 Å². The Morgan fingerprint density at radius 1 is 1.62 bits per heavy atom. The number of amides is 2. The zero-order chi connectivity index (χ0) is 12.1. The first-order valence-corrected chi connectivity index (χ1v) is 4.06. The van der Waals surface area contributed by atoms with E-state index in [1.54, 1.807) is 0 Å². The number of primary amides is 1. The monoisotopic (exact) mass is 224 g/mol. The van der Waals surface area contributed by atoms with Crippen molar-refractivity contribution in [3.8, 4) is 5.75 Å². The van der Waals surface area contributed by atoms with Gasteiger partial charge in [-0.05, 0) is 6.07 Å². The molecule has 16 heavy (non-hydrogen) atoms. The van der Waals surface area contributed by atoms with Crippen LogP contribution in [-0.2, 0) is 0 Å². The van der Waals surface area contributed by atoms with Crippen LogP contribution < -0.4 is 11.2 Å². The van der Waals surface area contributed by atoms with Crippen LogP contribution in [0.15, 0.2) is 23.3 Å². The Hall–Kier alpha value is -2.64. The molecular formula is C8H8N4O4. The van der Waals surface area contributed by atoms with Crippen LogP contribution in [-0.4, -0.2) is 22.3 Å². The molecule has 0 atom stereocenters. The van der Waals surface area contributed by atoms with E-state index in [4.69, 9.17) is 5.73 Å². The smallest absolute Gasteiger partial charge is 0.332 e. The molecular weight excluding hydrogens is 216 g/mol. The number of hydrogen-bond donors (Lipinski definition) is 3. The molecule has 0 saturated heterocycles. The third kappa shape index (κ3) is 2.94. The highest BCUT2D eigenvalue weighted by atomic mass is 16.6. The maximum atomic E-state index is 10.4. The van der Waals surface area contributed by atoms with Crippen LogP contribution in [0.5, 0.6) is 5.75 Å². The van der Waals surface area contributed by atoms with Crippen molar-refractivity contribution in [3.05, 3.63) is 33.9 Å². The van der Waals surface area contributed by atoms with E-state index >= 15 is 0 Å². The Morgan fingerprint density at radius 2 is 2.31 bits per heavy atom. The highest BCUT2D eigenvalue weighted by Crippen LogP contribution is 2.20. The van der Waals surface area contributed by atoms with Crippen molar-refractivity contribution in [2.45, 2.75) is 0 Å². The van der Waals surface area contributed by atoms with Crippen molar-refractivity contribution in [2.24, 2.45) is 10.8 Å². The largest absolute Gasteiger partial charge is 0.507 e. The molecule has 0 saturated carbocycles. The van der Waals surface area contributed by atoms with Crippen molar-refractivity contribution < 1.29 is 14.8 Å². The van der Waals surface area contributed by atoms with Gasteiger partial charge in [0.25, 0.3) is 5.69 Å². The molecule has 0 aliphatic heterocycles. The number of carbonyl (C=O) groups excluding carboxylic acids is 1. The van der Waals surface area contributed by atoms with E-state index in [0.29, 0.717) is 0 Å². The van der Waals surface area contributed by atoms with Crippen molar-refractivity contribution in [2.75, 3.05) is 0 Å². The molecule has 0 aliphatic rings. The molecule has 1 aromatic carbocycles. The minimum Gasteiger partial charge on any atom is -0.507 e. The molecule has 0 fully saturated rings. The van der Waals surface area contributed by atoms with Gasteiger partial charge in [-0.3, -0.25) is 10.1 Å². The summed E-state index contributed by atoms with van der Waals surface area (Å²) in [5.74, 6) is -0.194. The fraction of sp³-hybridized carbons (Fsp3) is 0. The molecule has 8 nitrogen and oxygen atoms in total. The second-order valence-corrected chi connectivity index (χ2v) is 2.73. The predicted octanol–water partition coefficient (Wildman–Crippen LogP) is 0.303. The van der Waals surface area contributed by atoms with Crippen LogP contribution in [0.3, 0.4) is 0 Å². The summed E-state index contributed by atoms with van der Waals surface area (Å²) in [6, 6.07) is 2.54. The third-order valence-electron chi connectivity index (χ3n) is 1.60. The average Bonchev–Trinajstić information content (AvgIpc) is 2.20. The Morgan fingerprint density at radius 3 is 2.88 bits per heavy atom. The molecule has 1 aromatic rings. The fourth-order valence-corrected chi connectivity index (χ4v) is 0.924. The van der Waals surface area contributed by atoms with Gasteiger partial charge >= 0.3 is 6.03 Å². The summed E-state index contributed by atoms with van der Waals surface area (Å²) < 4.78 is 0. The van der Waals surface area contributed by atoms with E-state index in [2.05, 4.69) is 5.10 Å². The Balaban J connectivity index is 2.94. The number of nitrogens with zero attached hydrogens (tertiary/aromatic N) is 2. The molecule has 0 bridgehead atoms. The lowest BCUT2D eigenvalue weighted by molar-refractivity contribution is -0.384. The van der Waals surface area contributed by atoms with Crippen molar-refractivity contribution in [3.63, 3.8) is 0 Å². The minimum absolute atomic E-state index is 0.1000. The summed E-state index contributed by atoms with van der Waals surface area (Å²) >= 11 is 0. The first kappa shape index (κ1) is 11.4. The molecule has 2 amide bonds. The van der Waals surface area contributed by atoms with E-state index in [9.17, 15) is 20.0 Å². The summed E-state index contributed by atoms with van der Waals surface area (Å²) in [6.07, 6.45) is 1.05. The molecule has 0 spiro atoms. The van der Waals surface area contributed by atoms with Crippen LogP contribution in [0.25, 0.3) is 0 Å². The number of nitrogens with two attached hydrogens (primary N) is 1. The number of rotatable bonds is 3. The molecule has 0 radical (unpaired) electrons. The number of aromatic hydroxyl groups is 1. The number of urea groups is 1. The van der Waals surface area contributed by atoms with E-state index in [1.165, 1.54) is 0 Å². The molecule has 8 heteroatoms.